The first-order valence-corrected chi connectivity index (χ1v) is 4.08. The molecule has 1 amide bonds. The molecule has 14 heavy (non-hydrogen) atoms. The first-order valence-electron chi connectivity index (χ1n) is 4.08. The van der Waals surface area contributed by atoms with Crippen LogP contribution in [0.4, 0.5) is 5.82 Å². The van der Waals surface area contributed by atoms with Crippen molar-refractivity contribution in [2.24, 2.45) is 0 Å². The predicted octanol–water partition coefficient (Wildman–Crippen LogP) is 0.249. The van der Waals surface area contributed by atoms with E-state index >= 15 is 0 Å². The standard InChI is InChI=1S/C9H8N2O3/c1-11-8(13)5-14-7-3-2-6(4-12)10-9(7)11/h2-4H,5H2,1H3. The van der Waals surface area contributed by atoms with Crippen LogP contribution in [0.5, 0.6) is 5.75 Å². The summed E-state index contributed by atoms with van der Waals surface area (Å²) in [6.45, 7) is 0.0195. The smallest absolute Gasteiger partial charge is 0.265 e. The molecule has 0 unspecified atom stereocenters. The number of carbonyl (C=O) groups excluding carboxylic acids is 2. The van der Waals surface area contributed by atoms with E-state index in [1.54, 1.807) is 19.2 Å². The number of ether oxygens (including phenoxy) is 1. The van der Waals surface area contributed by atoms with Crippen molar-refractivity contribution in [1.82, 2.24) is 4.98 Å². The number of fused-ring (bicyclic) bond motifs is 1. The largest absolute Gasteiger partial charge is 0.480 e. The van der Waals surface area contributed by atoms with E-state index in [4.69, 9.17) is 4.74 Å². The van der Waals surface area contributed by atoms with Crippen LogP contribution in [-0.2, 0) is 4.79 Å². The Morgan fingerprint density at radius 1 is 1.57 bits per heavy atom. The number of nitrogens with zero attached hydrogens (tertiary/aromatic N) is 2. The number of rotatable bonds is 1. The van der Waals surface area contributed by atoms with Gasteiger partial charge >= 0.3 is 0 Å². The van der Waals surface area contributed by atoms with Crippen LogP contribution >= 0.6 is 0 Å². The Bertz CT molecular complexity index is 403. The lowest BCUT2D eigenvalue weighted by molar-refractivity contribution is -0.121. The summed E-state index contributed by atoms with van der Waals surface area (Å²) in [5.41, 5.74) is 0.286. The molecule has 2 heterocycles. The molecular formula is C9H8N2O3. The monoisotopic (exact) mass is 192 g/mol. The zero-order valence-electron chi connectivity index (χ0n) is 7.56. The van der Waals surface area contributed by atoms with E-state index in [0.29, 0.717) is 17.9 Å². The third-order valence-corrected chi connectivity index (χ3v) is 2.02. The molecule has 0 N–H and O–H groups in total. The maximum Gasteiger partial charge on any atom is 0.265 e. The summed E-state index contributed by atoms with van der Waals surface area (Å²) >= 11 is 0. The molecule has 5 nitrogen and oxygen atoms in total. The van der Waals surface area contributed by atoms with Gasteiger partial charge in [0.05, 0.1) is 0 Å². The molecule has 1 aliphatic heterocycles. The Morgan fingerprint density at radius 2 is 2.36 bits per heavy atom. The fourth-order valence-electron chi connectivity index (χ4n) is 1.22. The quantitative estimate of drug-likeness (QED) is 0.598. The molecule has 0 spiro atoms. The van der Waals surface area contributed by atoms with Crippen LogP contribution in [0, 0.1) is 0 Å². The molecule has 0 aromatic carbocycles. The summed E-state index contributed by atoms with van der Waals surface area (Å²) in [6.07, 6.45) is 0.632. The maximum atomic E-state index is 11.2. The van der Waals surface area contributed by atoms with Crippen molar-refractivity contribution < 1.29 is 14.3 Å². The maximum absolute atomic E-state index is 11.2. The average Bonchev–Trinajstić information content (AvgIpc) is 2.23. The van der Waals surface area contributed by atoms with E-state index in [1.165, 1.54) is 4.90 Å². The molecule has 1 aliphatic rings. The van der Waals surface area contributed by atoms with E-state index in [9.17, 15) is 9.59 Å². The van der Waals surface area contributed by atoms with Crippen LogP contribution in [-0.4, -0.2) is 30.8 Å². The van der Waals surface area contributed by atoms with Crippen molar-refractivity contribution in [2.75, 3.05) is 18.6 Å². The van der Waals surface area contributed by atoms with Crippen molar-refractivity contribution in [3.63, 3.8) is 0 Å². The molecule has 0 saturated heterocycles. The molecule has 5 heteroatoms. The topological polar surface area (TPSA) is 59.5 Å². The first kappa shape index (κ1) is 8.68. The summed E-state index contributed by atoms with van der Waals surface area (Å²) < 4.78 is 5.14. The molecular weight excluding hydrogens is 184 g/mol. The number of likely N-dealkylation sites (N-methyl/N-ethyl adjacent to an activating group) is 1. The van der Waals surface area contributed by atoms with Crippen LogP contribution < -0.4 is 9.64 Å². The molecule has 0 aliphatic carbocycles. The number of hydrogen-bond donors (Lipinski definition) is 0. The minimum Gasteiger partial charge on any atom is -0.480 e. The Balaban J connectivity index is 2.51. The first-order chi connectivity index (χ1) is 6.72. The number of amides is 1. The number of aromatic nitrogens is 1. The van der Waals surface area contributed by atoms with Crippen LogP contribution in [0.2, 0.25) is 0 Å². The van der Waals surface area contributed by atoms with Gasteiger partial charge in [0.25, 0.3) is 5.91 Å². The molecule has 0 fully saturated rings. The highest BCUT2D eigenvalue weighted by Crippen LogP contribution is 2.28. The van der Waals surface area contributed by atoms with Gasteiger partial charge in [0, 0.05) is 7.05 Å². The van der Waals surface area contributed by atoms with Gasteiger partial charge in [-0.3, -0.25) is 14.5 Å². The number of anilines is 1. The zero-order chi connectivity index (χ0) is 10.1. The normalized spacial score (nSPS) is 14.6. The lowest BCUT2D eigenvalue weighted by atomic mass is 10.3. The zero-order valence-corrected chi connectivity index (χ0v) is 7.56. The van der Waals surface area contributed by atoms with Gasteiger partial charge in [0.1, 0.15) is 5.69 Å². The lowest BCUT2D eigenvalue weighted by Gasteiger charge is -2.24. The summed E-state index contributed by atoms with van der Waals surface area (Å²) in [5.74, 6) is 0.747. The van der Waals surface area contributed by atoms with Crippen molar-refractivity contribution in [2.45, 2.75) is 0 Å². The van der Waals surface area contributed by atoms with Crippen molar-refractivity contribution in [3.05, 3.63) is 17.8 Å². The minimum atomic E-state index is -0.173. The van der Waals surface area contributed by atoms with Gasteiger partial charge in [-0.1, -0.05) is 0 Å². The second-order valence-electron chi connectivity index (χ2n) is 2.92. The fraction of sp³-hybridized carbons (Fsp3) is 0.222. The highest BCUT2D eigenvalue weighted by molar-refractivity contribution is 5.96. The highest BCUT2D eigenvalue weighted by Gasteiger charge is 2.23. The molecule has 1 aromatic heterocycles. The molecule has 2 rings (SSSR count). The Hall–Kier alpha value is -1.91. The van der Waals surface area contributed by atoms with Gasteiger partial charge in [0.15, 0.2) is 24.5 Å². The van der Waals surface area contributed by atoms with Crippen LogP contribution in [0.15, 0.2) is 12.1 Å². The molecule has 0 radical (unpaired) electrons. The van der Waals surface area contributed by atoms with Gasteiger partial charge in [-0.05, 0) is 12.1 Å². The van der Waals surface area contributed by atoms with E-state index in [0.717, 1.165) is 0 Å². The highest BCUT2D eigenvalue weighted by atomic mass is 16.5. The fourth-order valence-corrected chi connectivity index (χ4v) is 1.22. The SMILES string of the molecule is CN1C(=O)COc2ccc(C=O)nc21. The Kier molecular flexibility index (Phi) is 1.92. The van der Waals surface area contributed by atoms with Crippen molar-refractivity contribution in [1.29, 1.82) is 0 Å². The average molecular weight is 192 g/mol. The number of aldehydes is 1. The van der Waals surface area contributed by atoms with Gasteiger partial charge in [-0.2, -0.15) is 0 Å². The lowest BCUT2D eigenvalue weighted by Crippen LogP contribution is -2.36. The van der Waals surface area contributed by atoms with E-state index < -0.39 is 0 Å². The summed E-state index contributed by atoms with van der Waals surface area (Å²) in [4.78, 5) is 27.1. The second-order valence-corrected chi connectivity index (χ2v) is 2.92. The van der Waals surface area contributed by atoms with Gasteiger partial charge < -0.3 is 4.74 Å². The second kappa shape index (κ2) is 3.10. The number of hydrogen-bond acceptors (Lipinski definition) is 4. The molecule has 0 atom stereocenters. The van der Waals surface area contributed by atoms with Gasteiger partial charge in [0.2, 0.25) is 0 Å². The predicted molar refractivity (Wildman–Crippen MR) is 48.5 cm³/mol. The molecule has 0 bridgehead atoms. The summed E-state index contributed by atoms with van der Waals surface area (Å²) in [7, 11) is 1.60. The third-order valence-electron chi connectivity index (χ3n) is 2.02. The Morgan fingerprint density at radius 3 is 3.07 bits per heavy atom. The molecule has 0 saturated carbocycles. The van der Waals surface area contributed by atoms with E-state index in [-0.39, 0.29) is 18.2 Å². The van der Waals surface area contributed by atoms with Crippen LogP contribution in [0.25, 0.3) is 0 Å². The summed E-state index contributed by atoms with van der Waals surface area (Å²) in [5, 5.41) is 0. The summed E-state index contributed by atoms with van der Waals surface area (Å²) in [6, 6.07) is 3.18. The van der Waals surface area contributed by atoms with Crippen molar-refractivity contribution in [3.8, 4) is 5.75 Å². The van der Waals surface area contributed by atoms with Gasteiger partial charge in [-0.25, -0.2) is 4.98 Å². The van der Waals surface area contributed by atoms with Crippen LogP contribution in [0.3, 0.4) is 0 Å². The molecule has 72 valence electrons. The van der Waals surface area contributed by atoms with Gasteiger partial charge in [-0.15, -0.1) is 0 Å². The van der Waals surface area contributed by atoms with Crippen molar-refractivity contribution >= 4 is 18.0 Å². The van der Waals surface area contributed by atoms with E-state index in [2.05, 4.69) is 4.98 Å². The third kappa shape index (κ3) is 1.22. The number of pyridine rings is 1. The number of carbonyl (C=O) groups is 2. The Labute approximate surface area is 80.3 Å². The minimum absolute atomic E-state index is 0.0195. The van der Waals surface area contributed by atoms with E-state index in [1.807, 2.05) is 0 Å². The van der Waals surface area contributed by atoms with Crippen LogP contribution in [0.1, 0.15) is 10.5 Å². The molecule has 1 aromatic rings.